The van der Waals surface area contributed by atoms with Crippen LogP contribution in [0.5, 0.6) is 17.2 Å². The summed E-state index contributed by atoms with van der Waals surface area (Å²) in [5, 5.41) is 57.2. The molecule has 3 aromatic rings. The lowest BCUT2D eigenvalue weighted by molar-refractivity contribution is -0.385. The van der Waals surface area contributed by atoms with Crippen LogP contribution in [0, 0.1) is 38.0 Å². The summed E-state index contributed by atoms with van der Waals surface area (Å²) in [5.74, 6) is -1.53. The van der Waals surface area contributed by atoms with Gasteiger partial charge in [0.05, 0.1) is 47.9 Å². The summed E-state index contributed by atoms with van der Waals surface area (Å²) in [6, 6.07) is 15.9. The Morgan fingerprint density at radius 1 is 0.897 bits per heavy atom. The summed E-state index contributed by atoms with van der Waals surface area (Å²) in [7, 11) is 0. The minimum absolute atomic E-state index is 0.00447. The Labute approximate surface area is 394 Å². The van der Waals surface area contributed by atoms with Crippen molar-refractivity contribution in [3.05, 3.63) is 122 Å². The fourth-order valence-electron chi connectivity index (χ4n) is 9.72. The van der Waals surface area contributed by atoms with E-state index in [9.17, 15) is 40.3 Å². The average molecular weight is 944 g/mol. The first-order chi connectivity index (χ1) is 33.1. The van der Waals surface area contributed by atoms with Crippen molar-refractivity contribution >= 4 is 23.2 Å². The van der Waals surface area contributed by atoms with Gasteiger partial charge in [-0.15, -0.1) is 6.58 Å². The van der Waals surface area contributed by atoms with Crippen molar-refractivity contribution < 1.29 is 58.5 Å². The number of nitro benzene ring substituents is 2. The molecule has 1 saturated heterocycles. The molecule has 2 aliphatic heterocycles. The lowest BCUT2D eigenvalue weighted by Gasteiger charge is -2.59. The minimum Gasteiger partial charge on any atom is -0.492 e. The standard InChI is InChI=1S/C49H61N5O14/c1-2-26-65-49-45(52(22-27-63-29-25-57)48(58)67-38-15-13-37(14-16-38)54(61)62)32-43(50-66-33-34-9-11-36(12-10-34)53(59)60)41-30-35(7-3-5-23-55)40(8-4-6-24-56)46(47(41)49)42-31-39(17-18-44(42)68-49)64-28-21-51-19-20-51/h2,9-18,30-31,35,40,45-47,55-57H,1,3-8,19-29,32-33H2/t35-,40+,45-,46+,47+,49+/m0/s1. The van der Waals surface area contributed by atoms with E-state index in [-0.39, 0.29) is 94.1 Å². The molecular weight excluding hydrogens is 883 g/mol. The van der Waals surface area contributed by atoms with Gasteiger partial charge in [-0.3, -0.25) is 30.0 Å². The first-order valence-corrected chi connectivity index (χ1v) is 23.3. The fraction of sp³-hybridized carbons (Fsp3) is 0.510. The SMILES string of the molecule is C=CCO[C@@]12Oc3ccc(OCCN4CC4)cc3[C@H]3[C@H](CCCCO)[C@@H](CCCCO)C=C(C(=NOCc4ccc([N+](=O)[O-])cc4)C[C@@H]1N(CCOCCO)C(=O)Oc1ccc([N+](=O)[O-])cc1)[C@H]32. The largest absolute Gasteiger partial charge is 0.492 e. The zero-order valence-electron chi connectivity index (χ0n) is 38.1. The molecule has 7 rings (SSSR count). The second-order valence-corrected chi connectivity index (χ2v) is 17.3. The molecule has 2 aliphatic carbocycles. The van der Waals surface area contributed by atoms with Crippen LogP contribution in [0.25, 0.3) is 0 Å². The van der Waals surface area contributed by atoms with Gasteiger partial charge >= 0.3 is 6.09 Å². The highest BCUT2D eigenvalue weighted by molar-refractivity contribution is 6.03. The molecule has 19 heteroatoms. The van der Waals surface area contributed by atoms with Crippen molar-refractivity contribution in [3.63, 3.8) is 0 Å². The number of nitrogens with zero attached hydrogens (tertiary/aromatic N) is 5. The van der Waals surface area contributed by atoms with Gasteiger partial charge < -0.3 is 43.8 Å². The van der Waals surface area contributed by atoms with E-state index in [0.717, 1.165) is 43.6 Å². The van der Waals surface area contributed by atoms with Crippen LogP contribution >= 0.6 is 0 Å². The first-order valence-electron chi connectivity index (χ1n) is 23.3. The van der Waals surface area contributed by atoms with Gasteiger partial charge in [0.2, 0.25) is 5.79 Å². The Hall–Kier alpha value is -5.96. The number of fused-ring (bicyclic) bond motifs is 2. The summed E-state index contributed by atoms with van der Waals surface area (Å²) >= 11 is 0. The van der Waals surface area contributed by atoms with E-state index in [1.54, 1.807) is 18.2 Å². The number of rotatable bonds is 27. The predicted molar refractivity (Wildman–Crippen MR) is 249 cm³/mol. The van der Waals surface area contributed by atoms with Gasteiger partial charge in [0.15, 0.2) is 0 Å². The topological polar surface area (TPSA) is 238 Å². The number of non-ortho nitro benzene ring substituents is 2. The lowest BCUT2D eigenvalue weighted by Crippen LogP contribution is -2.70. The summed E-state index contributed by atoms with van der Waals surface area (Å²) < 4.78 is 32.4. The van der Waals surface area contributed by atoms with Crippen molar-refractivity contribution in [1.82, 2.24) is 9.80 Å². The third-order valence-electron chi connectivity index (χ3n) is 13.0. The van der Waals surface area contributed by atoms with Crippen molar-refractivity contribution in [2.45, 2.75) is 69.3 Å². The Kier molecular flexibility index (Phi) is 17.5. The summed E-state index contributed by atoms with van der Waals surface area (Å²) in [5.41, 5.74) is 2.53. The number of aliphatic hydroxyl groups excluding tert-OH is 3. The van der Waals surface area contributed by atoms with Gasteiger partial charge in [-0.25, -0.2) is 4.79 Å². The molecule has 3 aromatic carbocycles. The van der Waals surface area contributed by atoms with Gasteiger partial charge in [0.1, 0.15) is 36.5 Å². The maximum atomic E-state index is 14.8. The number of amides is 1. The third kappa shape index (κ3) is 12.0. The van der Waals surface area contributed by atoms with E-state index >= 15 is 0 Å². The molecule has 19 nitrogen and oxygen atoms in total. The molecule has 0 radical (unpaired) electrons. The van der Waals surface area contributed by atoms with Gasteiger partial charge in [0, 0.05) is 81.6 Å². The van der Waals surface area contributed by atoms with Gasteiger partial charge in [-0.2, -0.15) is 0 Å². The number of hydrogen-bond donors (Lipinski definition) is 3. The van der Waals surface area contributed by atoms with Crippen LogP contribution in [0.3, 0.4) is 0 Å². The number of benzene rings is 3. The Balaban J connectivity index is 1.40. The van der Waals surface area contributed by atoms with Crippen LogP contribution in [-0.4, -0.2) is 131 Å². The molecular formula is C49H61N5O14. The molecule has 366 valence electrons. The Morgan fingerprint density at radius 2 is 1.59 bits per heavy atom. The number of unbranched alkanes of at least 4 members (excludes halogenated alkanes) is 2. The number of nitro groups is 2. The number of allylic oxidation sites excluding steroid dienone is 1. The average Bonchev–Trinajstić information content (AvgIpc) is 4.17. The van der Waals surface area contributed by atoms with E-state index in [2.05, 4.69) is 17.6 Å². The second-order valence-electron chi connectivity index (χ2n) is 17.3. The van der Waals surface area contributed by atoms with E-state index in [1.807, 2.05) is 18.2 Å². The molecule has 0 spiro atoms. The van der Waals surface area contributed by atoms with Crippen molar-refractivity contribution in [3.8, 4) is 17.2 Å². The maximum Gasteiger partial charge on any atom is 0.415 e. The molecule has 1 saturated carbocycles. The molecule has 1 amide bonds. The van der Waals surface area contributed by atoms with Crippen LogP contribution in [-0.2, 0) is 20.9 Å². The van der Waals surface area contributed by atoms with Crippen LogP contribution in [0.2, 0.25) is 0 Å². The van der Waals surface area contributed by atoms with Crippen molar-refractivity contribution in [2.24, 2.45) is 22.9 Å². The van der Waals surface area contributed by atoms with Gasteiger partial charge in [-0.1, -0.05) is 30.1 Å². The lowest BCUT2D eigenvalue weighted by atomic mass is 9.55. The fourth-order valence-corrected chi connectivity index (χ4v) is 9.72. The van der Waals surface area contributed by atoms with E-state index < -0.39 is 33.7 Å². The highest BCUT2D eigenvalue weighted by Gasteiger charge is 2.65. The monoisotopic (exact) mass is 943 g/mol. The third-order valence-corrected chi connectivity index (χ3v) is 13.0. The zero-order valence-corrected chi connectivity index (χ0v) is 38.1. The van der Waals surface area contributed by atoms with Crippen LogP contribution in [0.15, 0.2) is 96.2 Å². The van der Waals surface area contributed by atoms with Crippen LogP contribution in [0.4, 0.5) is 16.2 Å². The van der Waals surface area contributed by atoms with Crippen molar-refractivity contribution in [1.29, 1.82) is 0 Å². The number of hydrogen-bond acceptors (Lipinski definition) is 16. The second kappa shape index (κ2) is 23.9. The molecule has 4 aliphatic rings. The molecule has 2 heterocycles. The quantitative estimate of drug-likeness (QED) is 0.0242. The Bertz CT molecular complexity index is 2250. The zero-order chi connectivity index (χ0) is 48.0. The molecule has 6 atom stereocenters. The minimum atomic E-state index is -1.65. The molecule has 3 N–H and O–H groups in total. The molecule has 0 unspecified atom stereocenters. The summed E-state index contributed by atoms with van der Waals surface area (Å²) in [6.07, 6.45) is 7.06. The number of carbonyl (C=O) groups is 1. The number of aliphatic hydroxyl groups is 3. The maximum absolute atomic E-state index is 14.8. The van der Waals surface area contributed by atoms with Gasteiger partial charge in [-0.05, 0) is 91.1 Å². The van der Waals surface area contributed by atoms with E-state index in [0.29, 0.717) is 55.1 Å². The van der Waals surface area contributed by atoms with Crippen LogP contribution in [0.1, 0.15) is 62.0 Å². The summed E-state index contributed by atoms with van der Waals surface area (Å²) in [6.45, 7) is 6.99. The highest BCUT2D eigenvalue weighted by atomic mass is 16.7. The first kappa shape index (κ1) is 49.9. The highest BCUT2D eigenvalue weighted by Crippen LogP contribution is 2.62. The molecule has 0 aromatic heterocycles. The van der Waals surface area contributed by atoms with Crippen LogP contribution < -0.4 is 14.2 Å². The predicted octanol–water partition coefficient (Wildman–Crippen LogP) is 6.54. The van der Waals surface area contributed by atoms with Gasteiger partial charge in [0.25, 0.3) is 11.4 Å². The number of carbonyl (C=O) groups excluding carboxylic acids is 1. The van der Waals surface area contributed by atoms with Crippen molar-refractivity contribution in [2.75, 3.05) is 72.4 Å². The molecule has 68 heavy (non-hydrogen) atoms. The molecule has 0 bridgehead atoms. The number of oxime groups is 1. The van der Waals surface area contributed by atoms with E-state index in [1.165, 1.54) is 41.3 Å². The molecule has 2 fully saturated rings. The number of ether oxygens (including phenoxy) is 5. The van der Waals surface area contributed by atoms with E-state index in [4.69, 9.17) is 33.7 Å². The smallest absolute Gasteiger partial charge is 0.415 e. The Morgan fingerprint density at radius 3 is 2.25 bits per heavy atom. The normalized spacial score (nSPS) is 23.1. The summed E-state index contributed by atoms with van der Waals surface area (Å²) in [4.78, 5) is 46.5.